The van der Waals surface area contributed by atoms with E-state index in [9.17, 15) is 0 Å². The number of pyridine rings is 1. The molecule has 4 heteroatoms. The van der Waals surface area contributed by atoms with Crippen molar-refractivity contribution in [1.82, 2.24) is 20.0 Å². The van der Waals surface area contributed by atoms with Gasteiger partial charge in [-0.05, 0) is 0 Å². The van der Waals surface area contributed by atoms with Crippen molar-refractivity contribution in [3.05, 3.63) is 73.2 Å². The van der Waals surface area contributed by atoms with Gasteiger partial charge in [-0.2, -0.15) is 0 Å². The zero-order chi connectivity index (χ0) is 14.1. The molecule has 4 rings (SSSR count). The van der Waals surface area contributed by atoms with Gasteiger partial charge in [0, 0.05) is 22.5 Å². The lowest BCUT2D eigenvalue weighted by atomic mass is 10.1. The van der Waals surface area contributed by atoms with Gasteiger partial charge in [0.2, 0.25) is 0 Å². The number of benzene rings is 2. The van der Waals surface area contributed by atoms with Gasteiger partial charge in [-0.3, -0.25) is 4.98 Å². The maximum atomic E-state index is 4.31. The molecule has 0 N–H and O–H groups in total. The molecule has 0 aliphatic heterocycles. The summed E-state index contributed by atoms with van der Waals surface area (Å²) in [5, 5.41) is 10.5. The molecule has 0 saturated carbocycles. The minimum Gasteiger partial charge on any atom is -0.262 e. The van der Waals surface area contributed by atoms with Crippen LogP contribution in [0.3, 0.4) is 0 Å². The summed E-state index contributed by atoms with van der Waals surface area (Å²) in [4.78, 5) is 4.31. The van der Waals surface area contributed by atoms with Crippen molar-refractivity contribution in [2.45, 2.75) is 0 Å². The van der Waals surface area contributed by atoms with Crippen molar-refractivity contribution in [1.29, 1.82) is 0 Å². The molecular formula is C17H12N4. The van der Waals surface area contributed by atoms with Crippen LogP contribution in [0.1, 0.15) is 0 Å². The second-order valence-corrected chi connectivity index (χ2v) is 4.78. The standard InChI is InChI=1S/C17H12N4/c1-2-6-13(7-3-1)16-12-19-20-21(16)17-11-18-10-14-8-4-5-9-15(14)17/h1-12H. The van der Waals surface area contributed by atoms with E-state index in [1.807, 2.05) is 65.6 Å². The van der Waals surface area contributed by atoms with Crippen LogP contribution >= 0.6 is 0 Å². The van der Waals surface area contributed by atoms with Crippen molar-refractivity contribution in [2.24, 2.45) is 0 Å². The molecule has 2 heterocycles. The molecule has 0 fully saturated rings. The second kappa shape index (κ2) is 4.83. The molecule has 0 radical (unpaired) electrons. The predicted octanol–water partition coefficient (Wildman–Crippen LogP) is 3.48. The van der Waals surface area contributed by atoms with E-state index in [4.69, 9.17) is 0 Å². The average Bonchev–Trinajstić information content (AvgIpc) is 3.04. The maximum absolute atomic E-state index is 4.31. The monoisotopic (exact) mass is 272 g/mol. The van der Waals surface area contributed by atoms with Crippen LogP contribution < -0.4 is 0 Å². The zero-order valence-corrected chi connectivity index (χ0v) is 11.2. The molecule has 4 aromatic rings. The Balaban J connectivity index is 1.97. The van der Waals surface area contributed by atoms with Crippen LogP contribution in [0.5, 0.6) is 0 Å². The highest BCUT2D eigenvalue weighted by Gasteiger charge is 2.11. The predicted molar refractivity (Wildman–Crippen MR) is 82.1 cm³/mol. The van der Waals surface area contributed by atoms with Crippen LogP contribution in [0.2, 0.25) is 0 Å². The third-order valence-electron chi connectivity index (χ3n) is 3.49. The molecule has 21 heavy (non-hydrogen) atoms. The second-order valence-electron chi connectivity index (χ2n) is 4.78. The molecule has 100 valence electrons. The first kappa shape index (κ1) is 11.8. The van der Waals surface area contributed by atoms with Gasteiger partial charge < -0.3 is 0 Å². The van der Waals surface area contributed by atoms with Crippen molar-refractivity contribution < 1.29 is 0 Å². The summed E-state index contributed by atoms with van der Waals surface area (Å²) in [5.41, 5.74) is 2.97. The molecule has 0 bridgehead atoms. The Kier molecular flexibility index (Phi) is 2.71. The molecule has 2 aromatic carbocycles. The smallest absolute Gasteiger partial charge is 0.0945 e. The maximum Gasteiger partial charge on any atom is 0.0945 e. The lowest BCUT2D eigenvalue weighted by Gasteiger charge is -2.08. The molecule has 0 unspecified atom stereocenters. The first-order valence-corrected chi connectivity index (χ1v) is 6.73. The van der Waals surface area contributed by atoms with Gasteiger partial charge in [-0.25, -0.2) is 4.68 Å². The summed E-state index contributed by atoms with van der Waals surface area (Å²) in [7, 11) is 0. The summed E-state index contributed by atoms with van der Waals surface area (Å²) in [6, 6.07) is 18.3. The van der Waals surface area contributed by atoms with Crippen LogP contribution in [-0.4, -0.2) is 20.0 Å². The summed E-state index contributed by atoms with van der Waals surface area (Å²) >= 11 is 0. The van der Waals surface area contributed by atoms with E-state index in [2.05, 4.69) is 21.4 Å². The number of aromatic nitrogens is 4. The van der Waals surface area contributed by atoms with E-state index >= 15 is 0 Å². The number of rotatable bonds is 2. The third kappa shape index (κ3) is 1.97. The quantitative estimate of drug-likeness (QED) is 0.561. The fourth-order valence-corrected chi connectivity index (χ4v) is 2.49. The Labute approximate surface area is 121 Å². The minimum absolute atomic E-state index is 0.935. The van der Waals surface area contributed by atoms with Gasteiger partial charge >= 0.3 is 0 Å². The number of nitrogens with zero attached hydrogens (tertiary/aromatic N) is 4. The van der Waals surface area contributed by atoms with Gasteiger partial charge in [0.1, 0.15) is 0 Å². The van der Waals surface area contributed by atoms with Crippen molar-refractivity contribution in [3.63, 3.8) is 0 Å². The van der Waals surface area contributed by atoms with E-state index in [1.165, 1.54) is 0 Å². The molecule has 0 aliphatic carbocycles. The van der Waals surface area contributed by atoms with Gasteiger partial charge in [-0.15, -0.1) is 5.10 Å². The number of hydrogen-bond donors (Lipinski definition) is 0. The topological polar surface area (TPSA) is 43.6 Å². The highest BCUT2D eigenvalue weighted by Crippen LogP contribution is 2.25. The third-order valence-corrected chi connectivity index (χ3v) is 3.49. The van der Waals surface area contributed by atoms with E-state index in [0.717, 1.165) is 27.7 Å². The highest BCUT2D eigenvalue weighted by molar-refractivity contribution is 5.89. The van der Waals surface area contributed by atoms with E-state index < -0.39 is 0 Å². The van der Waals surface area contributed by atoms with Crippen LogP contribution in [0.15, 0.2) is 73.2 Å². The molecule has 0 spiro atoms. The zero-order valence-electron chi connectivity index (χ0n) is 11.2. The Hall–Kier alpha value is -3.01. The van der Waals surface area contributed by atoms with Gasteiger partial charge in [0.25, 0.3) is 0 Å². The van der Waals surface area contributed by atoms with Gasteiger partial charge in [0.05, 0.1) is 23.8 Å². The number of fused-ring (bicyclic) bond motifs is 1. The summed E-state index contributed by atoms with van der Waals surface area (Å²) in [6.45, 7) is 0. The Bertz CT molecular complexity index is 891. The fourth-order valence-electron chi connectivity index (χ4n) is 2.49. The van der Waals surface area contributed by atoms with Gasteiger partial charge in [-0.1, -0.05) is 59.8 Å². The summed E-state index contributed by atoms with van der Waals surface area (Å²) < 4.78 is 1.84. The van der Waals surface area contributed by atoms with Crippen molar-refractivity contribution in [3.8, 4) is 16.9 Å². The Morgan fingerprint density at radius 1 is 0.762 bits per heavy atom. The SMILES string of the molecule is c1ccc(-c2cnnn2-c2cncc3ccccc23)cc1. The van der Waals surface area contributed by atoms with E-state index in [-0.39, 0.29) is 0 Å². The molecule has 0 saturated heterocycles. The summed E-state index contributed by atoms with van der Waals surface area (Å²) in [5.74, 6) is 0. The molecule has 0 amide bonds. The Morgan fingerprint density at radius 3 is 2.48 bits per heavy atom. The van der Waals surface area contributed by atoms with E-state index in [0.29, 0.717) is 0 Å². The molecular weight excluding hydrogens is 260 g/mol. The normalized spacial score (nSPS) is 10.9. The molecule has 0 aliphatic rings. The summed E-state index contributed by atoms with van der Waals surface area (Å²) in [6.07, 6.45) is 5.46. The first-order valence-electron chi connectivity index (χ1n) is 6.73. The van der Waals surface area contributed by atoms with Crippen LogP contribution in [0, 0.1) is 0 Å². The lowest BCUT2D eigenvalue weighted by Crippen LogP contribution is -2.01. The van der Waals surface area contributed by atoms with Crippen molar-refractivity contribution in [2.75, 3.05) is 0 Å². The first-order chi connectivity index (χ1) is 10.4. The highest BCUT2D eigenvalue weighted by atomic mass is 15.4. The molecule has 4 nitrogen and oxygen atoms in total. The average molecular weight is 272 g/mol. The van der Waals surface area contributed by atoms with Gasteiger partial charge in [0.15, 0.2) is 0 Å². The molecule has 2 aromatic heterocycles. The van der Waals surface area contributed by atoms with Crippen molar-refractivity contribution >= 4 is 10.8 Å². The van der Waals surface area contributed by atoms with Crippen LogP contribution in [0.4, 0.5) is 0 Å². The van der Waals surface area contributed by atoms with Crippen LogP contribution in [0.25, 0.3) is 27.7 Å². The number of hydrogen-bond acceptors (Lipinski definition) is 3. The Morgan fingerprint density at radius 2 is 1.57 bits per heavy atom. The largest absolute Gasteiger partial charge is 0.262 e. The lowest BCUT2D eigenvalue weighted by molar-refractivity contribution is 0.809. The van der Waals surface area contributed by atoms with E-state index in [1.54, 1.807) is 6.20 Å². The fraction of sp³-hybridized carbons (Fsp3) is 0. The minimum atomic E-state index is 0.935. The van der Waals surface area contributed by atoms with Crippen LogP contribution in [-0.2, 0) is 0 Å². The molecule has 0 atom stereocenters.